The summed E-state index contributed by atoms with van der Waals surface area (Å²) in [5.41, 5.74) is 1.21. The van der Waals surface area contributed by atoms with Gasteiger partial charge in [-0.15, -0.1) is 11.6 Å². The summed E-state index contributed by atoms with van der Waals surface area (Å²) in [6.07, 6.45) is 0.895. The minimum atomic E-state index is -0.0961. The number of hydrogen-bond donors (Lipinski definition) is 0. The van der Waals surface area contributed by atoms with Gasteiger partial charge in [0.2, 0.25) is 0 Å². The molecule has 2 nitrogen and oxygen atoms in total. The predicted molar refractivity (Wildman–Crippen MR) is 89.1 cm³/mol. The fraction of sp³-hybridized carbons (Fsp3) is 0.625. The van der Waals surface area contributed by atoms with Crippen LogP contribution in [0.5, 0.6) is 11.5 Å². The molecule has 2 atom stereocenters. The minimum absolute atomic E-state index is 0.0961. The lowest BCUT2D eigenvalue weighted by Crippen LogP contribution is -2.18. The van der Waals surface area contributed by atoms with Crippen LogP contribution in [0.25, 0.3) is 0 Å². The molecule has 0 bridgehead atoms. The highest BCUT2D eigenvalue weighted by Gasteiger charge is 2.25. The maximum atomic E-state index is 6.62. The molecule has 0 saturated heterocycles. The third-order valence-corrected chi connectivity index (χ3v) is 4.91. The summed E-state index contributed by atoms with van der Waals surface area (Å²) in [7, 11) is 3.31. The van der Waals surface area contributed by atoms with Gasteiger partial charge < -0.3 is 9.47 Å². The molecule has 0 aliphatic heterocycles. The minimum Gasteiger partial charge on any atom is -0.496 e. The summed E-state index contributed by atoms with van der Waals surface area (Å²) in [4.78, 5) is 0. The van der Waals surface area contributed by atoms with E-state index in [2.05, 4.69) is 43.6 Å². The van der Waals surface area contributed by atoms with Crippen molar-refractivity contribution in [2.45, 2.75) is 39.5 Å². The molecule has 114 valence electrons. The van der Waals surface area contributed by atoms with Crippen LogP contribution in [0.4, 0.5) is 0 Å². The molecule has 0 fully saturated rings. The first-order valence-electron chi connectivity index (χ1n) is 6.76. The van der Waals surface area contributed by atoms with Gasteiger partial charge in [-0.3, -0.25) is 0 Å². The normalized spacial score (nSPS) is 14.8. The zero-order valence-electron chi connectivity index (χ0n) is 13.1. The smallest absolute Gasteiger partial charge is 0.133 e. The molecular formula is C16H24BrClO2. The van der Waals surface area contributed by atoms with Crippen molar-refractivity contribution in [3.05, 3.63) is 22.2 Å². The lowest BCUT2D eigenvalue weighted by molar-refractivity contribution is 0.244. The first kappa shape index (κ1) is 17.6. The number of halogens is 2. The van der Waals surface area contributed by atoms with E-state index in [-0.39, 0.29) is 10.8 Å². The SMILES string of the molecule is COc1cc(C(Cl)CC(C)C(C)(C)C)c(OC)cc1Br. The highest BCUT2D eigenvalue weighted by atomic mass is 79.9. The van der Waals surface area contributed by atoms with E-state index in [0.717, 1.165) is 28.0 Å². The molecule has 0 amide bonds. The largest absolute Gasteiger partial charge is 0.496 e. The molecule has 4 heteroatoms. The van der Waals surface area contributed by atoms with Crippen LogP contribution in [0.3, 0.4) is 0 Å². The van der Waals surface area contributed by atoms with Gasteiger partial charge in [0.15, 0.2) is 0 Å². The molecule has 0 saturated carbocycles. The van der Waals surface area contributed by atoms with Gasteiger partial charge in [-0.1, -0.05) is 27.7 Å². The Morgan fingerprint density at radius 3 is 2.15 bits per heavy atom. The fourth-order valence-electron chi connectivity index (χ4n) is 1.92. The molecule has 0 aliphatic rings. The second kappa shape index (κ2) is 7.04. The van der Waals surface area contributed by atoms with E-state index in [4.69, 9.17) is 21.1 Å². The Bertz CT molecular complexity index is 455. The second-order valence-corrected chi connectivity index (χ2v) is 7.58. The first-order valence-corrected chi connectivity index (χ1v) is 7.99. The van der Waals surface area contributed by atoms with Crippen molar-refractivity contribution >= 4 is 27.5 Å². The lowest BCUT2D eigenvalue weighted by Gasteiger charge is -2.29. The third-order valence-electron chi connectivity index (χ3n) is 3.88. The molecule has 1 rings (SSSR count). The molecule has 0 aliphatic carbocycles. The number of alkyl halides is 1. The van der Waals surface area contributed by atoms with Crippen molar-refractivity contribution in [3.63, 3.8) is 0 Å². The maximum Gasteiger partial charge on any atom is 0.133 e. The Balaban J connectivity index is 3.05. The van der Waals surface area contributed by atoms with Crippen LogP contribution in [-0.2, 0) is 0 Å². The average molecular weight is 364 g/mol. The van der Waals surface area contributed by atoms with Gasteiger partial charge in [0.25, 0.3) is 0 Å². The van der Waals surface area contributed by atoms with Crippen molar-refractivity contribution in [3.8, 4) is 11.5 Å². The van der Waals surface area contributed by atoms with Crippen molar-refractivity contribution in [1.29, 1.82) is 0 Å². The van der Waals surface area contributed by atoms with Gasteiger partial charge in [-0.2, -0.15) is 0 Å². The molecular weight excluding hydrogens is 340 g/mol. The highest BCUT2D eigenvalue weighted by Crippen LogP contribution is 2.42. The standard InChI is InChI=1S/C16H24BrClO2/c1-10(16(2,3)4)7-13(18)11-8-15(20-6)12(17)9-14(11)19-5/h8-10,13H,7H2,1-6H3. The van der Waals surface area contributed by atoms with Crippen LogP contribution >= 0.6 is 27.5 Å². The highest BCUT2D eigenvalue weighted by molar-refractivity contribution is 9.10. The van der Waals surface area contributed by atoms with E-state index in [1.165, 1.54) is 0 Å². The molecule has 1 aromatic rings. The molecule has 0 N–H and O–H groups in total. The van der Waals surface area contributed by atoms with Gasteiger partial charge in [0.1, 0.15) is 11.5 Å². The molecule has 0 heterocycles. The summed E-state index contributed by atoms with van der Waals surface area (Å²) in [5.74, 6) is 2.07. The van der Waals surface area contributed by atoms with Crippen LogP contribution in [0.2, 0.25) is 0 Å². The summed E-state index contributed by atoms with van der Waals surface area (Å²) in [5, 5.41) is -0.0961. The van der Waals surface area contributed by atoms with Crippen LogP contribution in [-0.4, -0.2) is 14.2 Å². The zero-order chi connectivity index (χ0) is 15.5. The van der Waals surface area contributed by atoms with E-state index in [1.54, 1.807) is 14.2 Å². The Morgan fingerprint density at radius 1 is 1.15 bits per heavy atom. The Kier molecular flexibility index (Phi) is 6.21. The molecule has 1 aromatic carbocycles. The number of methoxy groups -OCH3 is 2. The van der Waals surface area contributed by atoms with Gasteiger partial charge in [0.05, 0.1) is 24.1 Å². The summed E-state index contributed by atoms with van der Waals surface area (Å²) < 4.78 is 11.7. The molecule has 0 spiro atoms. The molecule has 2 unspecified atom stereocenters. The van der Waals surface area contributed by atoms with Crippen LogP contribution in [0.15, 0.2) is 16.6 Å². The Labute approximate surface area is 135 Å². The molecule has 0 radical (unpaired) electrons. The zero-order valence-corrected chi connectivity index (χ0v) is 15.4. The van der Waals surface area contributed by atoms with Crippen LogP contribution < -0.4 is 9.47 Å². The average Bonchev–Trinajstić information content (AvgIpc) is 2.36. The molecule has 0 aromatic heterocycles. The van der Waals surface area contributed by atoms with E-state index in [0.29, 0.717) is 5.92 Å². The van der Waals surface area contributed by atoms with Crippen LogP contribution in [0, 0.1) is 11.3 Å². The number of hydrogen-bond acceptors (Lipinski definition) is 2. The Hall–Kier alpha value is -0.410. The van der Waals surface area contributed by atoms with Gasteiger partial charge in [-0.25, -0.2) is 0 Å². The Morgan fingerprint density at radius 2 is 1.70 bits per heavy atom. The summed E-state index contributed by atoms with van der Waals surface area (Å²) in [6.45, 7) is 8.94. The van der Waals surface area contributed by atoms with Gasteiger partial charge in [0, 0.05) is 5.56 Å². The number of rotatable bonds is 5. The van der Waals surface area contributed by atoms with Gasteiger partial charge in [-0.05, 0) is 45.8 Å². The van der Waals surface area contributed by atoms with E-state index in [1.807, 2.05) is 12.1 Å². The number of ether oxygens (including phenoxy) is 2. The monoisotopic (exact) mass is 362 g/mol. The lowest BCUT2D eigenvalue weighted by atomic mass is 9.79. The topological polar surface area (TPSA) is 18.5 Å². The first-order chi connectivity index (χ1) is 9.20. The van der Waals surface area contributed by atoms with E-state index >= 15 is 0 Å². The second-order valence-electron chi connectivity index (χ2n) is 6.20. The summed E-state index contributed by atoms with van der Waals surface area (Å²) >= 11 is 10.1. The quantitative estimate of drug-likeness (QED) is 0.614. The third kappa shape index (κ3) is 4.29. The van der Waals surface area contributed by atoms with E-state index < -0.39 is 0 Å². The van der Waals surface area contributed by atoms with Crippen molar-refractivity contribution in [2.24, 2.45) is 11.3 Å². The van der Waals surface area contributed by atoms with Gasteiger partial charge >= 0.3 is 0 Å². The van der Waals surface area contributed by atoms with Crippen molar-refractivity contribution in [2.75, 3.05) is 14.2 Å². The van der Waals surface area contributed by atoms with Crippen molar-refractivity contribution in [1.82, 2.24) is 0 Å². The molecule has 20 heavy (non-hydrogen) atoms. The predicted octanol–water partition coefficient (Wildman–Crippen LogP) is 5.82. The van der Waals surface area contributed by atoms with Crippen molar-refractivity contribution < 1.29 is 9.47 Å². The fourth-order valence-corrected chi connectivity index (χ4v) is 2.84. The summed E-state index contributed by atoms with van der Waals surface area (Å²) in [6, 6.07) is 3.86. The van der Waals surface area contributed by atoms with E-state index in [9.17, 15) is 0 Å². The number of benzene rings is 1. The van der Waals surface area contributed by atoms with Crippen LogP contribution in [0.1, 0.15) is 45.1 Å². The maximum absolute atomic E-state index is 6.62.